The van der Waals surface area contributed by atoms with Gasteiger partial charge in [0, 0.05) is 13.6 Å². The topological polar surface area (TPSA) is 67.2 Å². The normalized spacial score (nSPS) is 12.3. The van der Waals surface area contributed by atoms with Gasteiger partial charge in [0.15, 0.2) is 0 Å². The molecule has 0 aliphatic heterocycles. The van der Waals surface area contributed by atoms with Gasteiger partial charge in [-0.05, 0) is 12.0 Å². The van der Waals surface area contributed by atoms with E-state index in [1.54, 1.807) is 23.9 Å². The van der Waals surface area contributed by atoms with Crippen LogP contribution in [0.15, 0.2) is 30.3 Å². The molecular weight excluding hydrogens is 290 g/mol. The van der Waals surface area contributed by atoms with Crippen molar-refractivity contribution in [3.8, 4) is 0 Å². The monoisotopic (exact) mass is 307 g/mol. The first kappa shape index (κ1) is 15.5. The second-order valence-corrected chi connectivity index (χ2v) is 5.13. The Morgan fingerprint density at radius 1 is 1.43 bits per heavy atom. The van der Waals surface area contributed by atoms with Crippen molar-refractivity contribution < 1.29 is 9.90 Å². The van der Waals surface area contributed by atoms with Gasteiger partial charge in [-0.1, -0.05) is 48.9 Å². The van der Waals surface area contributed by atoms with E-state index < -0.39 is 12.0 Å². The average Bonchev–Trinajstić information content (AvgIpc) is 2.75. The summed E-state index contributed by atoms with van der Waals surface area (Å²) in [5, 5.41) is 17.3. The fourth-order valence-electron chi connectivity index (χ4n) is 2.20. The van der Waals surface area contributed by atoms with Crippen LogP contribution in [0.3, 0.4) is 0 Å². The standard InChI is InChI=1S/C15H18ClN3O2/c1-3-11-13(16)12(19(2)18-11)9-17-14(15(20)21)10-7-5-4-6-8-10/h4-8,14,17H,3,9H2,1-2H3,(H,20,21). The molecule has 0 saturated carbocycles. The van der Waals surface area contributed by atoms with E-state index in [0.29, 0.717) is 17.1 Å². The van der Waals surface area contributed by atoms with Crippen molar-refractivity contribution in [2.75, 3.05) is 0 Å². The van der Waals surface area contributed by atoms with Crippen LogP contribution >= 0.6 is 11.6 Å². The first-order valence-electron chi connectivity index (χ1n) is 6.76. The molecule has 5 nitrogen and oxygen atoms in total. The Hall–Kier alpha value is -1.85. The Bertz CT molecular complexity index is 625. The fourth-order valence-corrected chi connectivity index (χ4v) is 2.56. The predicted octanol–water partition coefficient (Wildman–Crippen LogP) is 2.55. The van der Waals surface area contributed by atoms with Gasteiger partial charge >= 0.3 is 5.97 Å². The van der Waals surface area contributed by atoms with E-state index in [2.05, 4.69) is 10.4 Å². The van der Waals surface area contributed by atoms with Crippen molar-refractivity contribution in [3.05, 3.63) is 52.3 Å². The lowest BCUT2D eigenvalue weighted by molar-refractivity contribution is -0.139. The number of rotatable bonds is 6. The smallest absolute Gasteiger partial charge is 0.325 e. The number of halogens is 1. The highest BCUT2D eigenvalue weighted by Gasteiger charge is 2.21. The van der Waals surface area contributed by atoms with Crippen molar-refractivity contribution in [2.24, 2.45) is 7.05 Å². The molecule has 1 atom stereocenters. The number of nitrogens with zero attached hydrogens (tertiary/aromatic N) is 2. The summed E-state index contributed by atoms with van der Waals surface area (Å²) in [6.07, 6.45) is 0.744. The maximum atomic E-state index is 11.4. The molecular formula is C15H18ClN3O2. The lowest BCUT2D eigenvalue weighted by Gasteiger charge is -2.15. The van der Waals surface area contributed by atoms with E-state index in [-0.39, 0.29) is 0 Å². The van der Waals surface area contributed by atoms with Crippen LogP contribution in [-0.2, 0) is 24.8 Å². The number of carboxylic acid groups (broad SMARTS) is 1. The summed E-state index contributed by atoms with van der Waals surface area (Å²) in [4.78, 5) is 11.4. The van der Waals surface area contributed by atoms with Crippen LogP contribution in [0.1, 0.15) is 29.9 Å². The van der Waals surface area contributed by atoms with E-state index in [0.717, 1.165) is 17.8 Å². The molecule has 2 aromatic rings. The van der Waals surface area contributed by atoms with Crippen LogP contribution in [0.5, 0.6) is 0 Å². The predicted molar refractivity (Wildman–Crippen MR) is 81.3 cm³/mol. The average molecular weight is 308 g/mol. The van der Waals surface area contributed by atoms with Crippen LogP contribution < -0.4 is 5.32 Å². The second kappa shape index (κ2) is 6.74. The zero-order valence-corrected chi connectivity index (χ0v) is 12.8. The lowest BCUT2D eigenvalue weighted by atomic mass is 10.1. The van der Waals surface area contributed by atoms with Crippen LogP contribution in [0, 0.1) is 0 Å². The minimum Gasteiger partial charge on any atom is -0.480 e. The highest BCUT2D eigenvalue weighted by atomic mass is 35.5. The Balaban J connectivity index is 2.17. The number of aromatic nitrogens is 2. The van der Waals surface area contributed by atoms with Crippen LogP contribution in [0.2, 0.25) is 5.02 Å². The minimum absolute atomic E-state index is 0.341. The van der Waals surface area contributed by atoms with Gasteiger partial charge in [-0.15, -0.1) is 0 Å². The third kappa shape index (κ3) is 3.43. The van der Waals surface area contributed by atoms with E-state index in [1.807, 2.05) is 25.1 Å². The van der Waals surface area contributed by atoms with E-state index in [9.17, 15) is 9.90 Å². The molecule has 0 fully saturated rings. The Labute approximate surface area is 128 Å². The number of benzene rings is 1. The number of carboxylic acids is 1. The van der Waals surface area contributed by atoms with Crippen molar-refractivity contribution in [3.63, 3.8) is 0 Å². The number of hydrogen-bond acceptors (Lipinski definition) is 3. The van der Waals surface area contributed by atoms with Gasteiger partial charge in [0.25, 0.3) is 0 Å². The highest BCUT2D eigenvalue weighted by molar-refractivity contribution is 6.31. The van der Waals surface area contributed by atoms with Gasteiger partial charge in [0.2, 0.25) is 0 Å². The lowest BCUT2D eigenvalue weighted by Crippen LogP contribution is -2.28. The maximum absolute atomic E-state index is 11.4. The van der Waals surface area contributed by atoms with Gasteiger partial charge < -0.3 is 5.11 Å². The Morgan fingerprint density at radius 2 is 2.10 bits per heavy atom. The molecule has 0 saturated heterocycles. The molecule has 112 valence electrons. The summed E-state index contributed by atoms with van der Waals surface area (Å²) in [5.74, 6) is -0.921. The Morgan fingerprint density at radius 3 is 2.62 bits per heavy atom. The molecule has 2 N–H and O–H groups in total. The third-order valence-electron chi connectivity index (χ3n) is 3.36. The van der Waals surface area contributed by atoms with Crippen molar-refractivity contribution in [1.82, 2.24) is 15.1 Å². The summed E-state index contributed by atoms with van der Waals surface area (Å²) >= 11 is 6.27. The molecule has 21 heavy (non-hydrogen) atoms. The molecule has 0 aliphatic rings. The minimum atomic E-state index is -0.921. The van der Waals surface area contributed by atoms with Gasteiger partial charge in [-0.25, -0.2) is 0 Å². The van der Waals surface area contributed by atoms with E-state index >= 15 is 0 Å². The zero-order valence-electron chi connectivity index (χ0n) is 12.0. The zero-order chi connectivity index (χ0) is 15.4. The van der Waals surface area contributed by atoms with Crippen molar-refractivity contribution in [1.29, 1.82) is 0 Å². The van der Waals surface area contributed by atoms with Crippen molar-refractivity contribution >= 4 is 17.6 Å². The molecule has 0 radical (unpaired) electrons. The molecule has 2 rings (SSSR count). The first-order chi connectivity index (χ1) is 10.0. The second-order valence-electron chi connectivity index (χ2n) is 4.75. The maximum Gasteiger partial charge on any atom is 0.325 e. The molecule has 1 aromatic heterocycles. The summed E-state index contributed by atoms with van der Waals surface area (Å²) in [7, 11) is 1.81. The largest absolute Gasteiger partial charge is 0.480 e. The van der Waals surface area contributed by atoms with Gasteiger partial charge in [0.1, 0.15) is 6.04 Å². The fraction of sp³-hybridized carbons (Fsp3) is 0.333. The van der Waals surface area contributed by atoms with Gasteiger partial charge in [0.05, 0.1) is 16.4 Å². The molecule has 1 unspecified atom stereocenters. The van der Waals surface area contributed by atoms with Crippen LogP contribution in [0.25, 0.3) is 0 Å². The van der Waals surface area contributed by atoms with Gasteiger partial charge in [-0.3, -0.25) is 14.8 Å². The van der Waals surface area contributed by atoms with Crippen LogP contribution in [-0.4, -0.2) is 20.9 Å². The molecule has 6 heteroatoms. The summed E-state index contributed by atoms with van der Waals surface area (Å²) in [6.45, 7) is 2.32. The third-order valence-corrected chi connectivity index (χ3v) is 3.79. The quantitative estimate of drug-likeness (QED) is 0.860. The SMILES string of the molecule is CCc1nn(C)c(CNC(C(=O)O)c2ccccc2)c1Cl. The van der Waals surface area contributed by atoms with Gasteiger partial charge in [-0.2, -0.15) is 5.10 Å². The van der Waals surface area contributed by atoms with E-state index in [1.165, 1.54) is 0 Å². The Kier molecular flexibility index (Phi) is 4.98. The number of aliphatic carboxylic acids is 1. The number of aryl methyl sites for hydroxylation is 2. The molecule has 1 heterocycles. The number of carbonyl (C=O) groups is 1. The van der Waals surface area contributed by atoms with Crippen molar-refractivity contribution in [2.45, 2.75) is 25.9 Å². The molecule has 0 amide bonds. The highest BCUT2D eigenvalue weighted by Crippen LogP contribution is 2.22. The first-order valence-corrected chi connectivity index (χ1v) is 7.13. The van der Waals surface area contributed by atoms with Crippen LogP contribution in [0.4, 0.5) is 0 Å². The number of nitrogens with one attached hydrogen (secondary N) is 1. The summed E-state index contributed by atoms with van der Waals surface area (Å²) < 4.78 is 1.69. The van der Waals surface area contributed by atoms with E-state index in [4.69, 9.17) is 11.6 Å². The summed E-state index contributed by atoms with van der Waals surface area (Å²) in [5.41, 5.74) is 2.32. The molecule has 0 bridgehead atoms. The number of hydrogen-bond donors (Lipinski definition) is 2. The molecule has 0 spiro atoms. The summed E-state index contributed by atoms with van der Waals surface area (Å²) in [6, 6.07) is 8.29. The molecule has 1 aromatic carbocycles. The molecule has 0 aliphatic carbocycles.